The highest BCUT2D eigenvalue weighted by Gasteiger charge is 2.15. The second kappa shape index (κ2) is 9.03. The third-order valence-electron chi connectivity index (χ3n) is 3.78. The number of aromatic nitrogens is 1. The van der Waals surface area contributed by atoms with Gasteiger partial charge in [-0.1, -0.05) is 26.0 Å². The molecule has 1 aromatic carbocycles. The first-order valence-electron chi connectivity index (χ1n) is 8.42. The normalized spacial score (nSPS) is 12.0. The minimum Gasteiger partial charge on any atom is -0.508 e. The van der Waals surface area contributed by atoms with Crippen LogP contribution in [0.3, 0.4) is 0 Å². The number of nitrogens with one attached hydrogen (secondary N) is 2. The minimum atomic E-state index is -0.0551. The van der Waals surface area contributed by atoms with Crippen LogP contribution < -0.4 is 16.4 Å². The molecule has 134 valence electrons. The maximum absolute atomic E-state index is 9.34. The molecule has 25 heavy (non-hydrogen) atoms. The van der Waals surface area contributed by atoms with Gasteiger partial charge in [0.05, 0.1) is 11.9 Å². The smallest absolute Gasteiger partial charge is 0.195 e. The van der Waals surface area contributed by atoms with Crippen molar-refractivity contribution in [3.8, 4) is 5.75 Å². The fourth-order valence-corrected chi connectivity index (χ4v) is 2.06. The summed E-state index contributed by atoms with van der Waals surface area (Å²) in [6, 6.07) is 11.0. The average Bonchev–Trinajstić information content (AvgIpc) is 2.62. The van der Waals surface area contributed by atoms with Crippen LogP contribution in [0.25, 0.3) is 0 Å². The topological polar surface area (TPSA) is 95.6 Å². The summed E-state index contributed by atoms with van der Waals surface area (Å²) in [6.45, 7) is 6.10. The monoisotopic (exact) mass is 341 g/mol. The van der Waals surface area contributed by atoms with Gasteiger partial charge in [-0.3, -0.25) is 9.98 Å². The molecule has 2 rings (SSSR count). The predicted octanol–water partition coefficient (Wildman–Crippen LogP) is 2.37. The highest BCUT2D eigenvalue weighted by molar-refractivity contribution is 5.93. The van der Waals surface area contributed by atoms with Crippen molar-refractivity contribution in [2.45, 2.75) is 20.3 Å². The Kier molecular flexibility index (Phi) is 6.77. The van der Waals surface area contributed by atoms with Crippen LogP contribution in [0.5, 0.6) is 5.75 Å². The molecule has 0 amide bonds. The van der Waals surface area contributed by atoms with Crippen molar-refractivity contribution in [2.75, 3.05) is 25.0 Å². The van der Waals surface area contributed by atoms with Gasteiger partial charge in [0.2, 0.25) is 0 Å². The lowest BCUT2D eigenvalue weighted by atomic mass is 9.94. The molecule has 0 unspecified atom stereocenters. The zero-order chi connectivity index (χ0) is 18.1. The van der Waals surface area contributed by atoms with Gasteiger partial charge >= 0.3 is 0 Å². The predicted molar refractivity (Wildman–Crippen MR) is 103 cm³/mol. The number of anilines is 1. The number of pyridine rings is 1. The first kappa shape index (κ1) is 18.7. The Balaban J connectivity index is 1.98. The molecule has 6 nitrogen and oxygen atoms in total. The molecule has 1 aromatic heterocycles. The Morgan fingerprint density at radius 1 is 1.24 bits per heavy atom. The lowest BCUT2D eigenvalue weighted by molar-refractivity contribution is 0.393. The Labute approximate surface area is 149 Å². The number of aromatic hydroxyl groups is 1. The van der Waals surface area contributed by atoms with E-state index in [4.69, 9.17) is 5.73 Å². The van der Waals surface area contributed by atoms with Crippen LogP contribution in [-0.2, 0) is 6.42 Å². The number of hydrogen-bond acceptors (Lipinski definition) is 4. The van der Waals surface area contributed by atoms with Gasteiger partial charge in [-0.2, -0.15) is 0 Å². The second-order valence-corrected chi connectivity index (χ2v) is 6.74. The minimum absolute atomic E-state index is 0.0551. The summed E-state index contributed by atoms with van der Waals surface area (Å²) in [5.41, 5.74) is 7.76. The highest BCUT2D eigenvalue weighted by Crippen LogP contribution is 2.13. The van der Waals surface area contributed by atoms with Gasteiger partial charge in [0.1, 0.15) is 5.75 Å². The molecule has 0 fully saturated rings. The molecule has 0 aliphatic rings. The average molecular weight is 341 g/mol. The lowest BCUT2D eigenvalue weighted by Crippen LogP contribution is -2.35. The summed E-state index contributed by atoms with van der Waals surface area (Å²) >= 11 is 0. The van der Waals surface area contributed by atoms with Gasteiger partial charge in [0, 0.05) is 19.3 Å². The number of hydrogen-bond donors (Lipinski definition) is 4. The van der Waals surface area contributed by atoms with E-state index in [1.165, 1.54) is 0 Å². The molecule has 5 N–H and O–H groups in total. The van der Waals surface area contributed by atoms with Crippen LogP contribution in [0, 0.1) is 5.41 Å². The first-order valence-corrected chi connectivity index (χ1v) is 8.42. The number of aliphatic imine (C=N–C) groups is 1. The second-order valence-electron chi connectivity index (χ2n) is 6.74. The summed E-state index contributed by atoms with van der Waals surface area (Å²) in [7, 11) is 0. The van der Waals surface area contributed by atoms with Crippen molar-refractivity contribution in [3.63, 3.8) is 0 Å². The van der Waals surface area contributed by atoms with Crippen LogP contribution in [0.4, 0.5) is 5.69 Å². The number of benzene rings is 1. The van der Waals surface area contributed by atoms with Gasteiger partial charge in [0.25, 0.3) is 0 Å². The van der Waals surface area contributed by atoms with E-state index in [9.17, 15) is 5.11 Å². The van der Waals surface area contributed by atoms with Crippen LogP contribution >= 0.6 is 0 Å². The molecule has 0 aliphatic carbocycles. The Morgan fingerprint density at radius 3 is 2.64 bits per heavy atom. The number of phenolic OH excluding ortho intramolecular Hbond substituents is 1. The zero-order valence-electron chi connectivity index (χ0n) is 14.9. The van der Waals surface area contributed by atoms with Crippen molar-refractivity contribution in [2.24, 2.45) is 16.1 Å². The van der Waals surface area contributed by atoms with E-state index in [0.29, 0.717) is 19.0 Å². The van der Waals surface area contributed by atoms with Gasteiger partial charge in [-0.25, -0.2) is 0 Å². The van der Waals surface area contributed by atoms with E-state index in [2.05, 4.69) is 34.5 Å². The Bertz CT molecular complexity index is 668. The largest absolute Gasteiger partial charge is 0.508 e. The molecule has 0 bridgehead atoms. The maximum atomic E-state index is 9.34. The van der Waals surface area contributed by atoms with E-state index in [1.54, 1.807) is 24.5 Å². The van der Waals surface area contributed by atoms with Crippen molar-refractivity contribution < 1.29 is 5.11 Å². The van der Waals surface area contributed by atoms with Gasteiger partial charge < -0.3 is 21.5 Å². The van der Waals surface area contributed by atoms with Crippen LogP contribution in [0.15, 0.2) is 53.8 Å². The van der Waals surface area contributed by atoms with Crippen LogP contribution in [0.1, 0.15) is 19.4 Å². The van der Waals surface area contributed by atoms with E-state index >= 15 is 0 Å². The Hall–Kier alpha value is -2.60. The number of guanidine groups is 1. The molecule has 0 saturated heterocycles. The Morgan fingerprint density at radius 2 is 2.00 bits per heavy atom. The molecule has 6 heteroatoms. The SMILES string of the molecule is CC(C)(CN)CN=C(NCCc1ccc(O)cc1)Nc1cccnc1. The summed E-state index contributed by atoms with van der Waals surface area (Å²) in [4.78, 5) is 8.76. The molecule has 0 atom stereocenters. The number of phenols is 1. The van der Waals surface area contributed by atoms with Crippen molar-refractivity contribution in [1.29, 1.82) is 0 Å². The van der Waals surface area contributed by atoms with E-state index in [-0.39, 0.29) is 11.2 Å². The third kappa shape index (κ3) is 6.81. The van der Waals surface area contributed by atoms with Crippen LogP contribution in [-0.4, -0.2) is 35.7 Å². The number of nitrogens with two attached hydrogens (primary N) is 1. The molecule has 0 radical (unpaired) electrons. The lowest BCUT2D eigenvalue weighted by Gasteiger charge is -2.21. The third-order valence-corrected chi connectivity index (χ3v) is 3.78. The van der Waals surface area contributed by atoms with Gasteiger partial charge in [-0.15, -0.1) is 0 Å². The summed E-state index contributed by atoms with van der Waals surface area (Å²) in [5.74, 6) is 0.981. The summed E-state index contributed by atoms with van der Waals surface area (Å²) in [5, 5.41) is 15.9. The number of nitrogens with zero attached hydrogens (tertiary/aromatic N) is 2. The van der Waals surface area contributed by atoms with Crippen molar-refractivity contribution >= 4 is 11.6 Å². The molecule has 2 aromatic rings. The molecular formula is C19H27N5O. The zero-order valence-corrected chi connectivity index (χ0v) is 14.9. The number of rotatable bonds is 7. The summed E-state index contributed by atoms with van der Waals surface area (Å²) < 4.78 is 0. The van der Waals surface area contributed by atoms with E-state index in [0.717, 1.165) is 24.2 Å². The quantitative estimate of drug-likeness (QED) is 0.458. The standard InChI is InChI=1S/C19H27N5O/c1-19(2,13-20)14-23-18(24-16-4-3-10-21-12-16)22-11-9-15-5-7-17(25)8-6-15/h3-8,10,12,25H,9,11,13-14,20H2,1-2H3,(H2,22,23,24). The first-order chi connectivity index (χ1) is 12.0. The summed E-state index contributed by atoms with van der Waals surface area (Å²) in [6.07, 6.45) is 4.32. The van der Waals surface area contributed by atoms with Gasteiger partial charge in [-0.05, 0) is 48.2 Å². The molecule has 0 spiro atoms. The van der Waals surface area contributed by atoms with Crippen molar-refractivity contribution in [3.05, 3.63) is 54.4 Å². The van der Waals surface area contributed by atoms with E-state index in [1.807, 2.05) is 24.3 Å². The molecule has 0 aliphatic heterocycles. The molecule has 1 heterocycles. The van der Waals surface area contributed by atoms with E-state index < -0.39 is 0 Å². The van der Waals surface area contributed by atoms with Crippen LogP contribution in [0.2, 0.25) is 0 Å². The highest BCUT2D eigenvalue weighted by atomic mass is 16.3. The molecular weight excluding hydrogens is 314 g/mol. The fourth-order valence-electron chi connectivity index (χ4n) is 2.06. The maximum Gasteiger partial charge on any atom is 0.195 e. The fraction of sp³-hybridized carbons (Fsp3) is 0.368. The molecule has 0 saturated carbocycles. The van der Waals surface area contributed by atoms with Gasteiger partial charge in [0.15, 0.2) is 5.96 Å². The van der Waals surface area contributed by atoms with Crippen molar-refractivity contribution in [1.82, 2.24) is 10.3 Å².